The predicted molar refractivity (Wildman–Crippen MR) is 72.7 cm³/mol. The van der Waals surface area contributed by atoms with Crippen LogP contribution in [0, 0.1) is 11.3 Å². The van der Waals surface area contributed by atoms with Gasteiger partial charge in [-0.25, -0.2) is 0 Å². The second-order valence-corrected chi connectivity index (χ2v) is 4.43. The van der Waals surface area contributed by atoms with E-state index in [9.17, 15) is 13.2 Å². The molecule has 0 aliphatic heterocycles. The van der Waals surface area contributed by atoms with E-state index in [2.05, 4.69) is 0 Å². The SMILES string of the molecule is COc1ccc(-c2cc(C(F)(F)F)ccc2CC#N)cc1. The molecule has 2 aromatic rings. The van der Waals surface area contributed by atoms with Crippen LogP contribution in [0.1, 0.15) is 11.1 Å². The van der Waals surface area contributed by atoms with Crippen LogP contribution in [0.2, 0.25) is 0 Å². The van der Waals surface area contributed by atoms with Crippen LogP contribution in [0.5, 0.6) is 5.75 Å². The molecule has 21 heavy (non-hydrogen) atoms. The molecule has 0 spiro atoms. The van der Waals surface area contributed by atoms with Crippen molar-refractivity contribution in [2.75, 3.05) is 7.11 Å². The number of nitrogens with zero attached hydrogens (tertiary/aromatic N) is 1. The number of hydrogen-bond acceptors (Lipinski definition) is 2. The number of nitriles is 1. The van der Waals surface area contributed by atoms with Crippen LogP contribution >= 0.6 is 0 Å². The van der Waals surface area contributed by atoms with Crippen molar-refractivity contribution in [2.45, 2.75) is 12.6 Å². The Hall–Kier alpha value is -2.48. The zero-order chi connectivity index (χ0) is 15.5. The van der Waals surface area contributed by atoms with Crippen LogP contribution in [-0.2, 0) is 12.6 Å². The van der Waals surface area contributed by atoms with E-state index in [4.69, 9.17) is 10.00 Å². The smallest absolute Gasteiger partial charge is 0.416 e. The van der Waals surface area contributed by atoms with Crippen LogP contribution in [0.3, 0.4) is 0 Å². The third-order valence-electron chi connectivity index (χ3n) is 3.11. The predicted octanol–water partition coefficient (Wildman–Crippen LogP) is 4.45. The van der Waals surface area contributed by atoms with Gasteiger partial charge in [0.1, 0.15) is 5.75 Å². The number of hydrogen-bond donors (Lipinski definition) is 0. The Morgan fingerprint density at radius 3 is 2.29 bits per heavy atom. The first-order chi connectivity index (χ1) is 9.95. The molecule has 0 saturated carbocycles. The Balaban J connectivity index is 2.54. The number of methoxy groups -OCH3 is 1. The highest BCUT2D eigenvalue weighted by Gasteiger charge is 2.31. The van der Waals surface area contributed by atoms with Crippen LogP contribution in [0.15, 0.2) is 42.5 Å². The largest absolute Gasteiger partial charge is 0.497 e. The fourth-order valence-corrected chi connectivity index (χ4v) is 2.03. The summed E-state index contributed by atoms with van der Waals surface area (Å²) in [6.45, 7) is 0. The van der Waals surface area contributed by atoms with Crippen molar-refractivity contribution >= 4 is 0 Å². The standard InChI is InChI=1S/C16H12F3NO/c1-21-14-6-3-11(4-7-14)15-10-13(16(17,18)19)5-2-12(15)8-9-20/h2-7,10H,8H2,1H3. The average molecular weight is 291 g/mol. The van der Waals surface area contributed by atoms with Crippen molar-refractivity contribution in [1.82, 2.24) is 0 Å². The molecule has 2 nitrogen and oxygen atoms in total. The van der Waals surface area contributed by atoms with Crippen molar-refractivity contribution in [1.29, 1.82) is 5.26 Å². The van der Waals surface area contributed by atoms with Gasteiger partial charge in [-0.2, -0.15) is 18.4 Å². The van der Waals surface area contributed by atoms with Crippen LogP contribution in [0.25, 0.3) is 11.1 Å². The average Bonchev–Trinajstić information content (AvgIpc) is 2.47. The summed E-state index contributed by atoms with van der Waals surface area (Å²) in [4.78, 5) is 0. The lowest BCUT2D eigenvalue weighted by Gasteiger charge is -2.13. The fourth-order valence-electron chi connectivity index (χ4n) is 2.03. The van der Waals surface area contributed by atoms with Gasteiger partial charge < -0.3 is 4.74 Å². The van der Waals surface area contributed by atoms with E-state index in [1.165, 1.54) is 13.2 Å². The van der Waals surface area contributed by atoms with Crippen molar-refractivity contribution in [3.63, 3.8) is 0 Å². The van der Waals surface area contributed by atoms with Crippen LogP contribution in [-0.4, -0.2) is 7.11 Å². The van der Waals surface area contributed by atoms with Crippen molar-refractivity contribution < 1.29 is 17.9 Å². The van der Waals surface area contributed by atoms with Gasteiger partial charge in [-0.15, -0.1) is 0 Å². The summed E-state index contributed by atoms with van der Waals surface area (Å²) >= 11 is 0. The van der Waals surface area contributed by atoms with E-state index in [-0.39, 0.29) is 6.42 Å². The van der Waals surface area contributed by atoms with Gasteiger partial charge in [0.25, 0.3) is 0 Å². The Labute approximate surface area is 120 Å². The lowest BCUT2D eigenvalue weighted by atomic mass is 9.95. The third kappa shape index (κ3) is 3.34. The molecule has 0 N–H and O–H groups in total. The molecule has 0 fully saturated rings. The van der Waals surface area contributed by atoms with Gasteiger partial charge >= 0.3 is 6.18 Å². The van der Waals surface area contributed by atoms with Crippen molar-refractivity contribution in [2.24, 2.45) is 0 Å². The van der Waals surface area contributed by atoms with Crippen molar-refractivity contribution in [3.05, 3.63) is 53.6 Å². The molecule has 0 atom stereocenters. The van der Waals surface area contributed by atoms with Crippen LogP contribution in [0.4, 0.5) is 13.2 Å². The Kier molecular flexibility index (Phi) is 4.18. The maximum atomic E-state index is 12.8. The molecule has 0 aromatic heterocycles. The highest BCUT2D eigenvalue weighted by Crippen LogP contribution is 2.34. The molecule has 0 heterocycles. The number of alkyl halides is 3. The quantitative estimate of drug-likeness (QED) is 0.837. The first-order valence-electron chi connectivity index (χ1n) is 6.17. The van der Waals surface area contributed by atoms with Gasteiger partial charge in [-0.05, 0) is 41.0 Å². The minimum absolute atomic E-state index is 0.0551. The zero-order valence-corrected chi connectivity index (χ0v) is 11.2. The highest BCUT2D eigenvalue weighted by molar-refractivity contribution is 5.69. The normalized spacial score (nSPS) is 11.0. The van der Waals surface area contributed by atoms with Crippen LogP contribution < -0.4 is 4.74 Å². The first kappa shape index (κ1) is 14.9. The zero-order valence-electron chi connectivity index (χ0n) is 11.2. The van der Waals surface area contributed by atoms with Gasteiger partial charge in [0.05, 0.1) is 25.2 Å². The van der Waals surface area contributed by atoms with Gasteiger partial charge in [-0.1, -0.05) is 18.2 Å². The molecule has 0 bridgehead atoms. The van der Waals surface area contributed by atoms with Crippen molar-refractivity contribution in [3.8, 4) is 22.9 Å². The Bertz CT molecular complexity index is 669. The van der Waals surface area contributed by atoms with Gasteiger partial charge in [0, 0.05) is 0 Å². The molecule has 5 heteroatoms. The topological polar surface area (TPSA) is 33.0 Å². The van der Waals surface area contributed by atoms with E-state index < -0.39 is 11.7 Å². The molecule has 0 saturated heterocycles. The summed E-state index contributed by atoms with van der Waals surface area (Å²) in [7, 11) is 1.51. The minimum Gasteiger partial charge on any atom is -0.497 e. The van der Waals surface area contributed by atoms with E-state index in [0.717, 1.165) is 12.1 Å². The van der Waals surface area contributed by atoms with Gasteiger partial charge in [0.2, 0.25) is 0 Å². The van der Waals surface area contributed by atoms with E-state index in [1.807, 2.05) is 6.07 Å². The van der Waals surface area contributed by atoms with E-state index in [0.29, 0.717) is 22.4 Å². The van der Waals surface area contributed by atoms with Gasteiger partial charge in [0.15, 0.2) is 0 Å². The number of rotatable bonds is 3. The number of halogens is 3. The number of ether oxygens (including phenoxy) is 1. The lowest BCUT2D eigenvalue weighted by molar-refractivity contribution is -0.137. The van der Waals surface area contributed by atoms with Gasteiger partial charge in [-0.3, -0.25) is 0 Å². The fraction of sp³-hybridized carbons (Fsp3) is 0.188. The summed E-state index contributed by atoms with van der Waals surface area (Å²) in [5.41, 5.74) is 0.867. The molecule has 0 unspecified atom stereocenters. The number of benzene rings is 2. The maximum Gasteiger partial charge on any atom is 0.416 e. The summed E-state index contributed by atoms with van der Waals surface area (Å²) in [6, 6.07) is 12.1. The Morgan fingerprint density at radius 1 is 1.10 bits per heavy atom. The lowest BCUT2D eigenvalue weighted by Crippen LogP contribution is -2.05. The summed E-state index contributed by atoms with van der Waals surface area (Å²) in [5, 5.41) is 8.81. The molecule has 0 aliphatic rings. The Morgan fingerprint density at radius 2 is 1.76 bits per heavy atom. The molecule has 2 aromatic carbocycles. The van der Waals surface area contributed by atoms with E-state index >= 15 is 0 Å². The monoisotopic (exact) mass is 291 g/mol. The minimum atomic E-state index is -4.41. The summed E-state index contributed by atoms with van der Waals surface area (Å²) in [6.07, 6.45) is -4.36. The molecule has 0 aliphatic carbocycles. The first-order valence-corrected chi connectivity index (χ1v) is 6.17. The molecular weight excluding hydrogens is 279 g/mol. The maximum absolute atomic E-state index is 12.8. The second kappa shape index (κ2) is 5.88. The summed E-state index contributed by atoms with van der Waals surface area (Å²) in [5.74, 6) is 0.618. The molecular formula is C16H12F3NO. The molecule has 0 amide bonds. The molecule has 2 rings (SSSR count). The third-order valence-corrected chi connectivity index (χ3v) is 3.11. The van der Waals surface area contributed by atoms with E-state index in [1.54, 1.807) is 24.3 Å². The highest BCUT2D eigenvalue weighted by atomic mass is 19.4. The summed E-state index contributed by atoms with van der Waals surface area (Å²) < 4.78 is 43.5. The second-order valence-electron chi connectivity index (χ2n) is 4.43. The molecule has 108 valence electrons. The molecule has 0 radical (unpaired) electrons.